The molecule has 0 aliphatic carbocycles. The van der Waals surface area contributed by atoms with Crippen molar-refractivity contribution in [1.82, 2.24) is 0 Å². The fourth-order valence-corrected chi connectivity index (χ4v) is 2.22. The van der Waals surface area contributed by atoms with E-state index in [0.717, 1.165) is 6.26 Å². The molecule has 7 nitrogen and oxygen atoms in total. The fourth-order valence-electron chi connectivity index (χ4n) is 1.59. The summed E-state index contributed by atoms with van der Waals surface area (Å²) in [5.41, 5.74) is 7.10. The van der Waals surface area contributed by atoms with Gasteiger partial charge in [-0.1, -0.05) is 0 Å². The second-order valence-corrected chi connectivity index (χ2v) is 6.10. The third-order valence-corrected chi connectivity index (χ3v) is 3.17. The molecule has 0 aliphatic heterocycles. The van der Waals surface area contributed by atoms with Gasteiger partial charge in [0.25, 0.3) is 5.91 Å². The van der Waals surface area contributed by atoms with Crippen molar-refractivity contribution in [3.05, 3.63) is 23.8 Å². The number of anilines is 2. The SMILES string of the molecule is COC(CN)C(=O)Nc1ccc(NS(C)(=O)=O)c(C)c1. The van der Waals surface area contributed by atoms with E-state index in [0.29, 0.717) is 16.9 Å². The lowest BCUT2D eigenvalue weighted by Gasteiger charge is -2.14. The number of methoxy groups -OCH3 is 1. The molecule has 0 aliphatic rings. The number of sulfonamides is 1. The van der Waals surface area contributed by atoms with Crippen molar-refractivity contribution in [3.8, 4) is 0 Å². The molecule has 1 amide bonds. The lowest BCUT2D eigenvalue weighted by molar-refractivity contribution is -0.125. The molecule has 0 heterocycles. The van der Waals surface area contributed by atoms with Gasteiger partial charge in [0, 0.05) is 19.3 Å². The first kappa shape index (κ1) is 16.4. The first-order chi connectivity index (χ1) is 9.26. The first-order valence-corrected chi connectivity index (χ1v) is 7.78. The second kappa shape index (κ2) is 6.69. The summed E-state index contributed by atoms with van der Waals surface area (Å²) in [6.07, 6.45) is 0.358. The van der Waals surface area contributed by atoms with E-state index in [1.54, 1.807) is 25.1 Å². The number of nitrogens with one attached hydrogen (secondary N) is 2. The van der Waals surface area contributed by atoms with Crippen molar-refractivity contribution in [1.29, 1.82) is 0 Å². The van der Waals surface area contributed by atoms with Gasteiger partial charge >= 0.3 is 0 Å². The highest BCUT2D eigenvalue weighted by Crippen LogP contribution is 2.20. The Morgan fingerprint density at radius 1 is 1.45 bits per heavy atom. The molecule has 20 heavy (non-hydrogen) atoms. The molecule has 0 aromatic heterocycles. The van der Waals surface area contributed by atoms with E-state index in [1.165, 1.54) is 7.11 Å². The highest BCUT2D eigenvalue weighted by Gasteiger charge is 2.16. The molecule has 1 unspecified atom stereocenters. The lowest BCUT2D eigenvalue weighted by atomic mass is 10.2. The van der Waals surface area contributed by atoms with Crippen LogP contribution in [0.15, 0.2) is 18.2 Å². The van der Waals surface area contributed by atoms with Crippen molar-refractivity contribution in [2.45, 2.75) is 13.0 Å². The van der Waals surface area contributed by atoms with Crippen molar-refractivity contribution < 1.29 is 17.9 Å². The molecule has 4 N–H and O–H groups in total. The largest absolute Gasteiger partial charge is 0.370 e. The van der Waals surface area contributed by atoms with E-state index >= 15 is 0 Å². The molecule has 1 aromatic rings. The van der Waals surface area contributed by atoms with E-state index in [2.05, 4.69) is 10.0 Å². The molecule has 1 aromatic carbocycles. The monoisotopic (exact) mass is 301 g/mol. The van der Waals surface area contributed by atoms with Crippen LogP contribution in [0, 0.1) is 6.92 Å². The van der Waals surface area contributed by atoms with Gasteiger partial charge in [-0.25, -0.2) is 8.42 Å². The van der Waals surface area contributed by atoms with Crippen LogP contribution in [0.1, 0.15) is 5.56 Å². The number of rotatable bonds is 6. The molecule has 0 saturated heterocycles. The van der Waals surface area contributed by atoms with Crippen LogP contribution in [0.4, 0.5) is 11.4 Å². The van der Waals surface area contributed by atoms with E-state index in [4.69, 9.17) is 10.5 Å². The Morgan fingerprint density at radius 3 is 2.55 bits per heavy atom. The predicted molar refractivity (Wildman–Crippen MR) is 78.1 cm³/mol. The van der Waals surface area contributed by atoms with Gasteiger partial charge in [0.05, 0.1) is 11.9 Å². The van der Waals surface area contributed by atoms with Gasteiger partial charge in [0.1, 0.15) is 6.10 Å². The number of benzene rings is 1. The zero-order valence-electron chi connectivity index (χ0n) is 11.6. The number of hydrogen-bond donors (Lipinski definition) is 3. The van der Waals surface area contributed by atoms with Gasteiger partial charge in [-0.15, -0.1) is 0 Å². The Hall–Kier alpha value is -1.64. The van der Waals surface area contributed by atoms with Gasteiger partial charge in [0.2, 0.25) is 10.0 Å². The minimum atomic E-state index is -3.33. The van der Waals surface area contributed by atoms with Crippen LogP contribution in [0.3, 0.4) is 0 Å². The minimum Gasteiger partial charge on any atom is -0.370 e. The molecule has 0 radical (unpaired) electrons. The average molecular weight is 301 g/mol. The molecular weight excluding hydrogens is 282 g/mol. The quantitative estimate of drug-likeness (QED) is 0.699. The van der Waals surface area contributed by atoms with Crippen LogP contribution in [-0.4, -0.2) is 40.3 Å². The average Bonchev–Trinajstić information content (AvgIpc) is 2.33. The third kappa shape index (κ3) is 4.80. The van der Waals surface area contributed by atoms with Crippen LogP contribution >= 0.6 is 0 Å². The Labute approximate surface area is 118 Å². The standard InChI is InChI=1S/C12H19N3O4S/c1-8-6-9(14-12(16)11(7-13)19-2)4-5-10(8)15-20(3,17)18/h4-6,11,15H,7,13H2,1-3H3,(H,14,16). The van der Waals surface area contributed by atoms with E-state index in [9.17, 15) is 13.2 Å². The van der Waals surface area contributed by atoms with Gasteiger partial charge in [0.15, 0.2) is 0 Å². The summed E-state index contributed by atoms with van der Waals surface area (Å²) in [7, 11) is -1.93. The Balaban J connectivity index is 2.85. The highest BCUT2D eigenvalue weighted by molar-refractivity contribution is 7.92. The topological polar surface area (TPSA) is 111 Å². The third-order valence-electron chi connectivity index (χ3n) is 2.58. The number of amides is 1. The predicted octanol–water partition coefficient (Wildman–Crippen LogP) is 0.279. The van der Waals surface area contributed by atoms with Gasteiger partial charge in [-0.05, 0) is 30.7 Å². The van der Waals surface area contributed by atoms with Gasteiger partial charge in [-0.3, -0.25) is 9.52 Å². The van der Waals surface area contributed by atoms with E-state index < -0.39 is 16.1 Å². The zero-order chi connectivity index (χ0) is 15.3. The number of ether oxygens (including phenoxy) is 1. The molecule has 0 fully saturated rings. The number of carbonyl (C=O) groups excluding carboxylic acids is 1. The van der Waals surface area contributed by atoms with Gasteiger partial charge in [-0.2, -0.15) is 0 Å². The summed E-state index contributed by atoms with van der Waals surface area (Å²) in [6, 6.07) is 4.84. The maximum absolute atomic E-state index is 11.8. The Morgan fingerprint density at radius 2 is 2.10 bits per heavy atom. The van der Waals surface area contributed by atoms with Crippen LogP contribution in [-0.2, 0) is 19.6 Å². The van der Waals surface area contributed by atoms with Gasteiger partial charge < -0.3 is 15.8 Å². The van der Waals surface area contributed by atoms with E-state index in [1.807, 2.05) is 0 Å². The summed E-state index contributed by atoms with van der Waals surface area (Å²) in [6.45, 7) is 1.81. The summed E-state index contributed by atoms with van der Waals surface area (Å²) in [5, 5.41) is 2.65. The maximum atomic E-state index is 11.8. The maximum Gasteiger partial charge on any atom is 0.254 e. The Kier molecular flexibility index (Phi) is 5.49. The molecule has 0 spiro atoms. The molecule has 0 saturated carbocycles. The first-order valence-electron chi connectivity index (χ1n) is 5.89. The zero-order valence-corrected chi connectivity index (χ0v) is 12.5. The molecule has 1 atom stereocenters. The fraction of sp³-hybridized carbons (Fsp3) is 0.417. The molecule has 0 bridgehead atoms. The van der Waals surface area contributed by atoms with Crippen LogP contribution in [0.5, 0.6) is 0 Å². The molecular formula is C12H19N3O4S. The summed E-state index contributed by atoms with van der Waals surface area (Å²) in [4.78, 5) is 11.8. The summed E-state index contributed by atoms with van der Waals surface area (Å²) < 4.78 is 29.7. The number of nitrogens with two attached hydrogens (primary N) is 1. The van der Waals surface area contributed by atoms with Crippen molar-refractivity contribution >= 4 is 27.3 Å². The van der Waals surface area contributed by atoms with Crippen molar-refractivity contribution in [3.63, 3.8) is 0 Å². The number of carbonyl (C=O) groups is 1. The minimum absolute atomic E-state index is 0.0784. The van der Waals surface area contributed by atoms with Crippen LogP contribution < -0.4 is 15.8 Å². The number of hydrogen-bond acceptors (Lipinski definition) is 5. The molecule has 8 heteroatoms. The molecule has 112 valence electrons. The van der Waals surface area contributed by atoms with Crippen LogP contribution in [0.2, 0.25) is 0 Å². The summed E-state index contributed by atoms with van der Waals surface area (Å²) >= 11 is 0. The highest BCUT2D eigenvalue weighted by atomic mass is 32.2. The van der Waals surface area contributed by atoms with Crippen LogP contribution in [0.25, 0.3) is 0 Å². The normalized spacial score (nSPS) is 12.8. The van der Waals surface area contributed by atoms with E-state index in [-0.39, 0.29) is 12.5 Å². The number of aryl methyl sites for hydroxylation is 1. The summed E-state index contributed by atoms with van der Waals surface area (Å²) in [5.74, 6) is -0.349. The second-order valence-electron chi connectivity index (χ2n) is 4.35. The van der Waals surface area contributed by atoms with Crippen molar-refractivity contribution in [2.75, 3.05) is 29.9 Å². The van der Waals surface area contributed by atoms with Crippen molar-refractivity contribution in [2.24, 2.45) is 5.73 Å². The molecule has 1 rings (SSSR count). The smallest absolute Gasteiger partial charge is 0.254 e. The Bertz CT molecular complexity index is 582. The lowest BCUT2D eigenvalue weighted by Crippen LogP contribution is -2.35.